The highest BCUT2D eigenvalue weighted by Crippen LogP contribution is 2.17. The summed E-state index contributed by atoms with van der Waals surface area (Å²) in [6.45, 7) is 5.66. The quantitative estimate of drug-likeness (QED) is 0.116. The zero-order chi connectivity index (χ0) is 22.7. The van der Waals surface area contributed by atoms with Crippen molar-refractivity contribution in [2.75, 3.05) is 13.7 Å². The zero-order valence-corrected chi connectivity index (χ0v) is 22.4. The molecule has 0 aliphatic carbocycles. The Balaban J connectivity index is 3.01. The maximum Gasteiger partial charge on any atom is 0.0462 e. The molecule has 0 fully saturated rings. The van der Waals surface area contributed by atoms with E-state index in [4.69, 9.17) is 4.74 Å². The predicted molar refractivity (Wildman–Crippen MR) is 142 cm³/mol. The Hall–Kier alpha value is -0.0400. The van der Waals surface area contributed by atoms with Gasteiger partial charge in [-0.15, -0.1) is 0 Å². The maximum atomic E-state index is 5.10. The van der Waals surface area contributed by atoms with Gasteiger partial charge < -0.3 is 4.74 Å². The van der Waals surface area contributed by atoms with Gasteiger partial charge in [0.1, 0.15) is 0 Å². The highest BCUT2D eigenvalue weighted by Gasteiger charge is 1.99. The first-order valence-corrected chi connectivity index (χ1v) is 14.8. The summed E-state index contributed by atoms with van der Waals surface area (Å²) in [6.07, 6.45) is 36.3. The summed E-state index contributed by atoms with van der Waals surface area (Å²) in [4.78, 5) is 0. The second kappa shape index (κ2) is 28.0. The molecule has 1 unspecified atom stereocenters. The Kier molecular flexibility index (Phi) is 28.0. The van der Waals surface area contributed by atoms with Crippen LogP contribution in [0.4, 0.5) is 0 Å². The monoisotopic (exact) mass is 438 g/mol. The minimum atomic E-state index is 0.943. The molecular weight excluding hydrogens is 376 g/mol. The van der Waals surface area contributed by atoms with Gasteiger partial charge in [-0.05, 0) is 12.3 Å². The van der Waals surface area contributed by atoms with Gasteiger partial charge in [-0.3, -0.25) is 0 Å². The third-order valence-electron chi connectivity index (χ3n) is 7.24. The molecule has 0 saturated heterocycles. The Morgan fingerprint density at radius 2 is 0.677 bits per heavy atom. The van der Waals surface area contributed by atoms with E-state index < -0.39 is 0 Å². The minimum absolute atomic E-state index is 0.943. The number of methoxy groups -OCH3 is 1. The predicted octanol–water partition coefficient (Wildman–Crippen LogP) is 11.0. The van der Waals surface area contributed by atoms with Gasteiger partial charge in [-0.2, -0.15) is 0 Å². The summed E-state index contributed by atoms with van der Waals surface area (Å²) in [5, 5.41) is 0. The van der Waals surface area contributed by atoms with E-state index in [-0.39, 0.29) is 0 Å². The molecule has 0 aliphatic rings. The van der Waals surface area contributed by atoms with Crippen LogP contribution in [-0.2, 0) is 4.74 Å². The van der Waals surface area contributed by atoms with Crippen LogP contribution in [-0.4, -0.2) is 13.7 Å². The van der Waals surface area contributed by atoms with Crippen molar-refractivity contribution < 1.29 is 4.74 Å². The third kappa shape index (κ3) is 27.9. The van der Waals surface area contributed by atoms with Crippen LogP contribution in [0.25, 0.3) is 0 Å². The van der Waals surface area contributed by atoms with Crippen LogP contribution < -0.4 is 0 Å². The van der Waals surface area contributed by atoms with Crippen molar-refractivity contribution in [3.63, 3.8) is 0 Å². The molecule has 0 N–H and O–H groups in total. The molecule has 0 aromatic heterocycles. The summed E-state index contributed by atoms with van der Waals surface area (Å²) in [7, 11) is 1.81. The summed E-state index contributed by atoms with van der Waals surface area (Å²) >= 11 is 0. The van der Waals surface area contributed by atoms with E-state index in [2.05, 4.69) is 13.8 Å². The summed E-state index contributed by atoms with van der Waals surface area (Å²) in [5.74, 6) is 0.946. The molecule has 1 nitrogen and oxygen atoms in total. The molecule has 188 valence electrons. The van der Waals surface area contributed by atoms with Crippen molar-refractivity contribution >= 4 is 0 Å². The lowest BCUT2D eigenvalue weighted by Crippen LogP contribution is -1.91. The number of hydrogen-bond acceptors (Lipinski definition) is 1. The average Bonchev–Trinajstić information content (AvgIpc) is 2.78. The van der Waals surface area contributed by atoms with Crippen LogP contribution in [0.15, 0.2) is 0 Å². The molecule has 0 saturated carbocycles. The van der Waals surface area contributed by atoms with E-state index in [1.165, 1.54) is 161 Å². The Morgan fingerprint density at radius 3 is 0.935 bits per heavy atom. The van der Waals surface area contributed by atoms with Gasteiger partial charge in [0.15, 0.2) is 0 Å². The standard InChI is InChI=1S/C30H62O/c1-4-30(2)28-26-24-22-20-18-16-14-12-10-8-6-5-7-9-11-13-15-17-19-21-23-25-27-29-31-3/h30H,4-29H2,1-3H3. The molecule has 0 aromatic rings. The highest BCUT2D eigenvalue weighted by atomic mass is 16.5. The second-order valence-corrected chi connectivity index (χ2v) is 10.4. The fourth-order valence-electron chi connectivity index (χ4n) is 4.66. The lowest BCUT2D eigenvalue weighted by atomic mass is 9.99. The van der Waals surface area contributed by atoms with Crippen molar-refractivity contribution in [1.29, 1.82) is 0 Å². The summed E-state index contributed by atoms with van der Waals surface area (Å²) in [6, 6.07) is 0. The molecule has 1 atom stereocenters. The van der Waals surface area contributed by atoms with Gasteiger partial charge in [0.05, 0.1) is 0 Å². The molecule has 0 spiro atoms. The molecule has 0 radical (unpaired) electrons. The molecule has 0 bridgehead atoms. The van der Waals surface area contributed by atoms with Crippen molar-refractivity contribution in [2.24, 2.45) is 5.92 Å². The molecule has 0 aromatic carbocycles. The largest absolute Gasteiger partial charge is 0.385 e. The average molecular weight is 439 g/mol. The minimum Gasteiger partial charge on any atom is -0.385 e. The first kappa shape index (κ1) is 31.0. The molecule has 0 heterocycles. The molecule has 0 amide bonds. The van der Waals surface area contributed by atoms with Crippen molar-refractivity contribution in [3.05, 3.63) is 0 Å². The number of unbranched alkanes of at least 4 members (excludes halogenated alkanes) is 22. The van der Waals surface area contributed by atoms with Crippen molar-refractivity contribution in [2.45, 2.75) is 174 Å². The fourth-order valence-corrected chi connectivity index (χ4v) is 4.66. The van der Waals surface area contributed by atoms with Gasteiger partial charge in [-0.25, -0.2) is 0 Å². The van der Waals surface area contributed by atoms with E-state index in [1.807, 2.05) is 0 Å². The number of ether oxygens (including phenoxy) is 1. The van der Waals surface area contributed by atoms with Gasteiger partial charge >= 0.3 is 0 Å². The van der Waals surface area contributed by atoms with Crippen molar-refractivity contribution in [1.82, 2.24) is 0 Å². The van der Waals surface area contributed by atoms with E-state index in [1.54, 1.807) is 7.11 Å². The maximum absolute atomic E-state index is 5.10. The molecule has 0 rings (SSSR count). The van der Waals surface area contributed by atoms with Crippen LogP contribution in [0, 0.1) is 5.92 Å². The van der Waals surface area contributed by atoms with E-state index in [9.17, 15) is 0 Å². The highest BCUT2D eigenvalue weighted by molar-refractivity contribution is 4.53. The Bertz CT molecular complexity index is 301. The normalized spacial score (nSPS) is 12.5. The van der Waals surface area contributed by atoms with Gasteiger partial charge in [0, 0.05) is 13.7 Å². The molecule has 31 heavy (non-hydrogen) atoms. The van der Waals surface area contributed by atoms with Crippen molar-refractivity contribution in [3.8, 4) is 0 Å². The lowest BCUT2D eigenvalue weighted by Gasteiger charge is -2.07. The molecular formula is C30H62O. The smallest absolute Gasteiger partial charge is 0.0462 e. The Morgan fingerprint density at radius 1 is 0.419 bits per heavy atom. The van der Waals surface area contributed by atoms with Crippen LogP contribution in [0.5, 0.6) is 0 Å². The van der Waals surface area contributed by atoms with Gasteiger partial charge in [0.25, 0.3) is 0 Å². The second-order valence-electron chi connectivity index (χ2n) is 10.4. The first-order valence-electron chi connectivity index (χ1n) is 14.8. The molecule has 0 aliphatic heterocycles. The number of rotatable bonds is 27. The third-order valence-corrected chi connectivity index (χ3v) is 7.24. The first-order chi connectivity index (χ1) is 15.3. The summed E-state index contributed by atoms with van der Waals surface area (Å²) < 4.78 is 5.10. The Labute approximate surface area is 198 Å². The lowest BCUT2D eigenvalue weighted by molar-refractivity contribution is 0.192. The number of hydrogen-bond donors (Lipinski definition) is 0. The van der Waals surface area contributed by atoms with E-state index in [0.717, 1.165) is 12.5 Å². The van der Waals surface area contributed by atoms with Gasteiger partial charge in [-0.1, -0.05) is 168 Å². The van der Waals surface area contributed by atoms with Crippen LogP contribution in [0.3, 0.4) is 0 Å². The fraction of sp³-hybridized carbons (Fsp3) is 1.00. The zero-order valence-electron chi connectivity index (χ0n) is 22.4. The summed E-state index contributed by atoms with van der Waals surface area (Å²) in [5.41, 5.74) is 0. The van der Waals surface area contributed by atoms with Crippen LogP contribution in [0.2, 0.25) is 0 Å². The SMILES string of the molecule is CCC(C)CCCCCCCCCCCCCCCCCCCCCCCCCOC. The topological polar surface area (TPSA) is 9.23 Å². The van der Waals surface area contributed by atoms with Crippen LogP contribution in [0.1, 0.15) is 174 Å². The van der Waals surface area contributed by atoms with Gasteiger partial charge in [0.2, 0.25) is 0 Å². The van der Waals surface area contributed by atoms with E-state index in [0.29, 0.717) is 0 Å². The van der Waals surface area contributed by atoms with Crippen LogP contribution >= 0.6 is 0 Å². The molecule has 1 heteroatoms. The van der Waals surface area contributed by atoms with E-state index >= 15 is 0 Å².